The van der Waals surface area contributed by atoms with Crippen molar-refractivity contribution >= 4 is 11.8 Å². The van der Waals surface area contributed by atoms with Gasteiger partial charge in [0.05, 0.1) is 23.5 Å². The summed E-state index contributed by atoms with van der Waals surface area (Å²) in [5.74, 6) is 0. The molecule has 0 radical (unpaired) electrons. The van der Waals surface area contributed by atoms with Crippen molar-refractivity contribution in [1.82, 2.24) is 10.3 Å². The van der Waals surface area contributed by atoms with Gasteiger partial charge in [-0.2, -0.15) is 18.4 Å². The predicted octanol–water partition coefficient (Wildman–Crippen LogP) is 1.82. The number of alkyl halides is 3. The van der Waals surface area contributed by atoms with Crippen LogP contribution in [0, 0.1) is 11.3 Å². The Hall–Kier alpha value is -2.50. The average Bonchev–Trinajstić information content (AvgIpc) is 2.84. The first-order valence-corrected chi connectivity index (χ1v) is 6.03. The highest BCUT2D eigenvalue weighted by atomic mass is 19.4. The van der Waals surface area contributed by atoms with Gasteiger partial charge in [-0.15, -0.1) is 0 Å². The van der Waals surface area contributed by atoms with E-state index in [0.29, 0.717) is 13.0 Å². The van der Waals surface area contributed by atoms with Crippen molar-refractivity contribution in [3.63, 3.8) is 0 Å². The third-order valence-corrected chi connectivity index (χ3v) is 3.17. The van der Waals surface area contributed by atoms with E-state index in [4.69, 9.17) is 10.4 Å². The number of carboxylic acid groups (broad SMARTS) is 1. The van der Waals surface area contributed by atoms with Crippen molar-refractivity contribution < 1.29 is 23.1 Å². The second-order valence-electron chi connectivity index (χ2n) is 4.58. The fourth-order valence-electron chi connectivity index (χ4n) is 2.22. The summed E-state index contributed by atoms with van der Waals surface area (Å²) in [7, 11) is 0. The molecule has 1 fully saturated rings. The van der Waals surface area contributed by atoms with Gasteiger partial charge in [0.15, 0.2) is 5.69 Å². The van der Waals surface area contributed by atoms with Crippen molar-refractivity contribution in [2.75, 3.05) is 18.0 Å². The fourth-order valence-corrected chi connectivity index (χ4v) is 2.22. The smallest absolute Gasteiger partial charge is 0.419 e. The summed E-state index contributed by atoms with van der Waals surface area (Å²) >= 11 is 0. The van der Waals surface area contributed by atoms with Crippen LogP contribution in [0.4, 0.5) is 23.7 Å². The molecule has 1 atom stereocenters. The fraction of sp³-hybridized carbons (Fsp3) is 0.417. The number of nitrogens with zero attached hydrogens (tertiary/aromatic N) is 3. The van der Waals surface area contributed by atoms with Crippen LogP contribution in [-0.4, -0.2) is 35.3 Å². The maximum absolute atomic E-state index is 12.9. The van der Waals surface area contributed by atoms with Gasteiger partial charge in [0, 0.05) is 13.1 Å². The molecule has 1 aliphatic rings. The number of hydrogen-bond acceptors (Lipinski definition) is 4. The Labute approximate surface area is 117 Å². The van der Waals surface area contributed by atoms with Gasteiger partial charge >= 0.3 is 12.3 Å². The number of amides is 1. The van der Waals surface area contributed by atoms with Crippen LogP contribution in [0.25, 0.3) is 0 Å². The highest BCUT2D eigenvalue weighted by molar-refractivity contribution is 5.65. The van der Waals surface area contributed by atoms with E-state index in [-0.39, 0.29) is 18.3 Å². The summed E-state index contributed by atoms with van der Waals surface area (Å²) in [5, 5.41) is 19.6. The molecule has 21 heavy (non-hydrogen) atoms. The summed E-state index contributed by atoms with van der Waals surface area (Å²) in [6.07, 6.45) is -4.15. The number of halogens is 3. The maximum Gasteiger partial charge on any atom is 0.419 e. The van der Waals surface area contributed by atoms with E-state index < -0.39 is 23.5 Å². The van der Waals surface area contributed by atoms with Gasteiger partial charge in [-0.05, 0) is 12.5 Å². The lowest BCUT2D eigenvalue weighted by Gasteiger charge is -2.20. The Morgan fingerprint density at radius 3 is 2.86 bits per heavy atom. The first kappa shape index (κ1) is 14.9. The molecule has 9 heteroatoms. The van der Waals surface area contributed by atoms with Crippen LogP contribution < -0.4 is 10.2 Å². The van der Waals surface area contributed by atoms with Gasteiger partial charge in [0.2, 0.25) is 0 Å². The van der Waals surface area contributed by atoms with Crippen LogP contribution in [0.2, 0.25) is 0 Å². The summed E-state index contributed by atoms with van der Waals surface area (Å²) in [5.41, 5.74) is -1.54. The Kier molecular flexibility index (Phi) is 3.88. The third kappa shape index (κ3) is 3.34. The van der Waals surface area contributed by atoms with E-state index in [1.165, 1.54) is 12.3 Å². The van der Waals surface area contributed by atoms with Gasteiger partial charge in [0.1, 0.15) is 6.07 Å². The predicted molar refractivity (Wildman–Crippen MR) is 65.7 cm³/mol. The number of nitrogens with one attached hydrogen (secondary N) is 1. The second kappa shape index (κ2) is 5.47. The minimum atomic E-state index is -4.66. The van der Waals surface area contributed by atoms with E-state index in [0.717, 1.165) is 6.07 Å². The largest absolute Gasteiger partial charge is 0.465 e. The molecule has 1 saturated heterocycles. The summed E-state index contributed by atoms with van der Waals surface area (Å²) in [6, 6.07) is 1.94. The molecule has 0 spiro atoms. The van der Waals surface area contributed by atoms with Gasteiger partial charge in [0.25, 0.3) is 0 Å². The average molecular weight is 300 g/mol. The molecule has 0 aromatic carbocycles. The lowest BCUT2D eigenvalue weighted by Crippen LogP contribution is -2.36. The molecule has 2 rings (SSSR count). The van der Waals surface area contributed by atoms with Crippen molar-refractivity contribution in [3.05, 3.63) is 23.5 Å². The molecular weight excluding hydrogens is 289 g/mol. The molecule has 6 nitrogen and oxygen atoms in total. The summed E-state index contributed by atoms with van der Waals surface area (Å²) in [6.45, 7) is 0.674. The number of carbonyl (C=O) groups is 1. The summed E-state index contributed by atoms with van der Waals surface area (Å²) in [4.78, 5) is 15.7. The van der Waals surface area contributed by atoms with Crippen molar-refractivity contribution in [3.8, 4) is 6.07 Å². The monoisotopic (exact) mass is 300 g/mol. The van der Waals surface area contributed by atoms with E-state index in [1.807, 2.05) is 0 Å². The van der Waals surface area contributed by atoms with Crippen LogP contribution in [0.1, 0.15) is 17.7 Å². The molecule has 1 aromatic heterocycles. The zero-order valence-corrected chi connectivity index (χ0v) is 10.7. The minimum Gasteiger partial charge on any atom is -0.465 e. The molecule has 1 amide bonds. The molecule has 2 heterocycles. The van der Waals surface area contributed by atoms with Crippen molar-refractivity contribution in [1.29, 1.82) is 5.26 Å². The van der Waals surface area contributed by atoms with Gasteiger partial charge in [-0.25, -0.2) is 9.78 Å². The molecule has 1 unspecified atom stereocenters. The molecule has 0 bridgehead atoms. The normalized spacial score (nSPS) is 18.4. The van der Waals surface area contributed by atoms with Crippen LogP contribution in [0.3, 0.4) is 0 Å². The van der Waals surface area contributed by atoms with Crippen LogP contribution in [0.5, 0.6) is 0 Å². The summed E-state index contributed by atoms with van der Waals surface area (Å²) < 4.78 is 38.6. The lowest BCUT2D eigenvalue weighted by molar-refractivity contribution is -0.138. The van der Waals surface area contributed by atoms with Crippen molar-refractivity contribution in [2.24, 2.45) is 0 Å². The van der Waals surface area contributed by atoms with Gasteiger partial charge in [-0.3, -0.25) is 0 Å². The molecule has 112 valence electrons. The van der Waals surface area contributed by atoms with Crippen molar-refractivity contribution in [2.45, 2.75) is 18.6 Å². The van der Waals surface area contributed by atoms with E-state index in [2.05, 4.69) is 10.3 Å². The quantitative estimate of drug-likeness (QED) is 0.869. The molecular formula is C12H11F3N4O2. The van der Waals surface area contributed by atoms with Crippen LogP contribution in [-0.2, 0) is 6.18 Å². The van der Waals surface area contributed by atoms with E-state index in [9.17, 15) is 18.0 Å². The second-order valence-corrected chi connectivity index (χ2v) is 4.58. The number of nitriles is 1. The number of aromatic nitrogens is 1. The maximum atomic E-state index is 12.9. The zero-order valence-electron chi connectivity index (χ0n) is 10.7. The standard InChI is InChI=1S/C12H11F3N4O2/c13-12(14,15)9-3-8(5-17-10(9)4-16)19-2-1-7(6-19)18-11(20)21/h3,5,7,18H,1-2,6H2,(H,20,21). The molecule has 1 aliphatic heterocycles. The number of rotatable bonds is 2. The first-order valence-electron chi connectivity index (χ1n) is 6.03. The number of anilines is 1. The van der Waals surface area contributed by atoms with E-state index in [1.54, 1.807) is 4.90 Å². The minimum absolute atomic E-state index is 0.219. The SMILES string of the molecule is N#Cc1ncc(N2CCC(NC(=O)O)C2)cc1C(F)(F)F. The van der Waals surface area contributed by atoms with Crippen LogP contribution in [0.15, 0.2) is 12.3 Å². The molecule has 0 saturated carbocycles. The first-order chi connectivity index (χ1) is 9.81. The Bertz CT molecular complexity index is 597. The highest BCUT2D eigenvalue weighted by Crippen LogP contribution is 2.34. The Balaban J connectivity index is 2.23. The van der Waals surface area contributed by atoms with Gasteiger partial charge < -0.3 is 15.3 Å². The topological polar surface area (TPSA) is 89.3 Å². The zero-order chi connectivity index (χ0) is 15.6. The number of hydrogen-bond donors (Lipinski definition) is 2. The highest BCUT2D eigenvalue weighted by Gasteiger charge is 2.35. The van der Waals surface area contributed by atoms with E-state index >= 15 is 0 Å². The lowest BCUT2D eigenvalue weighted by atomic mass is 10.1. The van der Waals surface area contributed by atoms with Crippen LogP contribution >= 0.6 is 0 Å². The Morgan fingerprint density at radius 1 is 1.57 bits per heavy atom. The molecule has 1 aromatic rings. The Morgan fingerprint density at radius 2 is 2.29 bits per heavy atom. The molecule has 0 aliphatic carbocycles. The molecule has 2 N–H and O–H groups in total. The third-order valence-electron chi connectivity index (χ3n) is 3.17. The van der Waals surface area contributed by atoms with Gasteiger partial charge in [-0.1, -0.05) is 0 Å². The number of pyridine rings is 1.